The van der Waals surface area contributed by atoms with Gasteiger partial charge in [-0.2, -0.15) is 0 Å². The van der Waals surface area contributed by atoms with E-state index >= 15 is 0 Å². The number of hydrogen-bond acceptors (Lipinski definition) is 19. The lowest BCUT2D eigenvalue weighted by atomic mass is 10.1. The highest BCUT2D eigenvalue weighted by Crippen LogP contribution is 2.56. The van der Waals surface area contributed by atoms with Crippen molar-refractivity contribution in [1.29, 1.82) is 0 Å². The topological polar surface area (TPSA) is 240 Å². The zero-order chi connectivity index (χ0) is 53.9. The number of nitrogens with one attached hydrogen (secondary N) is 2. The normalized spacial score (nSPS) is 23.1. The molecule has 0 radical (unpaired) electrons. The Labute approximate surface area is 441 Å². The van der Waals surface area contributed by atoms with E-state index in [2.05, 4.69) is 54.9 Å². The molecule has 2 aliphatic rings. The van der Waals surface area contributed by atoms with Gasteiger partial charge in [-0.05, 0) is 70.7 Å². The second-order valence-corrected chi connectivity index (χ2v) is 21.8. The molecule has 8 rings (SSSR count). The molecule has 0 aliphatic carbocycles. The molecule has 10 atom stereocenters. The second kappa shape index (κ2) is 25.3. The monoisotopic (exact) mass is 1090 g/mol. The van der Waals surface area contributed by atoms with Gasteiger partial charge >= 0.3 is 6.72 Å². The van der Waals surface area contributed by atoms with Gasteiger partial charge in [0, 0.05) is 38.8 Å². The smallest absolute Gasteiger partial charge is 0.327 e. The lowest BCUT2D eigenvalue weighted by Gasteiger charge is -2.38. The molecule has 396 valence electrons. The molecule has 75 heavy (non-hydrogen) atoms. The number of anilines is 2. The fourth-order valence-electron chi connectivity index (χ4n) is 8.56. The van der Waals surface area contributed by atoms with Crippen LogP contribution in [-0.4, -0.2) is 151 Å². The number of carbonyl (C=O) groups is 2. The maximum atomic E-state index is 13.3. The van der Waals surface area contributed by atoms with Crippen LogP contribution in [0.1, 0.15) is 69.1 Å². The van der Waals surface area contributed by atoms with Gasteiger partial charge in [-0.3, -0.25) is 23.2 Å². The van der Waals surface area contributed by atoms with Crippen LogP contribution in [0.4, 0.5) is 11.6 Å². The number of hydrogen-bond donors (Lipinski definition) is 2. The molecule has 0 saturated carbocycles. The van der Waals surface area contributed by atoms with Gasteiger partial charge in [0.15, 0.2) is 46.4 Å². The zero-order valence-electron chi connectivity index (χ0n) is 42.8. The molecule has 6 heterocycles. The first-order valence-electron chi connectivity index (χ1n) is 24.4. The van der Waals surface area contributed by atoms with Gasteiger partial charge in [0.25, 0.3) is 20.3 Å². The number of ether oxygens (including phenoxy) is 4. The van der Waals surface area contributed by atoms with Crippen LogP contribution in [0.5, 0.6) is 0 Å². The molecule has 6 aromatic rings. The summed E-state index contributed by atoms with van der Waals surface area (Å²) in [6.45, 7) is 18.3. The largest absolute Gasteiger partial charge is 0.374 e. The average Bonchev–Trinajstić information content (AvgIpc) is 4.29. The minimum Gasteiger partial charge on any atom is -0.374 e. The minimum absolute atomic E-state index is 0.0615. The van der Waals surface area contributed by atoms with E-state index in [9.17, 15) is 9.59 Å². The highest BCUT2D eigenvalue weighted by atomic mass is 32.5. The van der Waals surface area contributed by atoms with Gasteiger partial charge in [0.05, 0.1) is 25.4 Å². The van der Waals surface area contributed by atoms with E-state index in [0.717, 1.165) is 0 Å². The SMILES string of the molecule is [2H]C[C@H]1O[C@@H](n2cnc3c(NC(=O)c4ccccc4)ncnc32)[C@@H](OC)C1OP(=S)(OCC[N+]#[C-])OC[C@H]1O[C@@H](n2cnc3c(NC(=O)c4ccccc4)ncnc32)[C@@H](OC)C1OP(OCC[N+]#[C-])N(C(C)C)C(C)C. The summed E-state index contributed by atoms with van der Waals surface area (Å²) >= 11 is 6.16. The van der Waals surface area contributed by atoms with E-state index in [-0.39, 0.29) is 74.6 Å². The third-order valence-electron chi connectivity index (χ3n) is 11.9. The highest BCUT2D eigenvalue weighted by molar-refractivity contribution is 8.07. The van der Waals surface area contributed by atoms with Crippen molar-refractivity contribution in [3.8, 4) is 0 Å². The van der Waals surface area contributed by atoms with E-state index in [1.165, 1.54) is 39.5 Å². The maximum Gasteiger partial charge on any atom is 0.327 e. The van der Waals surface area contributed by atoms with Gasteiger partial charge in [0.2, 0.25) is 13.1 Å². The van der Waals surface area contributed by atoms with Crippen molar-refractivity contribution < 1.29 is 52.5 Å². The molecule has 2 amide bonds. The number of imidazole rings is 2. The Bertz CT molecular complexity index is 3050. The number of amides is 2. The van der Waals surface area contributed by atoms with Crippen molar-refractivity contribution in [1.82, 2.24) is 43.7 Å². The summed E-state index contributed by atoms with van der Waals surface area (Å²) in [6.07, 6.45) is -2.32. The lowest BCUT2D eigenvalue weighted by Crippen LogP contribution is -2.41. The molecule has 24 nitrogen and oxygen atoms in total. The van der Waals surface area contributed by atoms with Gasteiger partial charge in [-0.25, -0.2) is 47.7 Å². The molecule has 2 aromatic carbocycles. The summed E-state index contributed by atoms with van der Waals surface area (Å²) in [5, 5.41) is 5.64. The highest BCUT2D eigenvalue weighted by Gasteiger charge is 2.52. The molecule has 4 unspecified atom stereocenters. The van der Waals surface area contributed by atoms with Gasteiger partial charge in [-0.15, -0.1) is 0 Å². The quantitative estimate of drug-likeness (QED) is 0.0345. The number of rotatable bonds is 24. The molecular weight excluding hydrogens is 1030 g/mol. The Hall–Kier alpha value is -5.86. The molecule has 27 heteroatoms. The third-order valence-corrected chi connectivity index (χ3v) is 16.4. The summed E-state index contributed by atoms with van der Waals surface area (Å²) in [5.41, 5.74) is 1.97. The van der Waals surface area contributed by atoms with Crippen LogP contribution in [0.25, 0.3) is 32.0 Å². The first kappa shape index (κ1) is 53.9. The Morgan fingerprint density at radius 2 is 1.28 bits per heavy atom. The van der Waals surface area contributed by atoms with Crippen molar-refractivity contribution >= 4 is 72.8 Å². The van der Waals surface area contributed by atoms with Crippen molar-refractivity contribution in [2.24, 2.45) is 0 Å². The Morgan fingerprint density at radius 1 is 0.760 bits per heavy atom. The fraction of sp³-hybridized carbons (Fsp3) is 0.458. The van der Waals surface area contributed by atoms with Gasteiger partial charge < -0.3 is 57.4 Å². The van der Waals surface area contributed by atoms with E-state index in [1.54, 1.807) is 63.7 Å². The number of carbonyl (C=O) groups excluding carboxylic acids is 2. The number of fused-ring (bicyclic) bond motifs is 2. The van der Waals surface area contributed by atoms with Gasteiger partial charge in [-0.1, -0.05) is 36.4 Å². The Kier molecular flexibility index (Phi) is 18.2. The molecule has 2 aliphatic heterocycles. The van der Waals surface area contributed by atoms with E-state index in [1.807, 2.05) is 33.8 Å². The molecule has 2 fully saturated rings. The molecular formula is C48H57N13O11P2S. The average molecular weight is 1090 g/mol. The molecule has 2 saturated heterocycles. The summed E-state index contributed by atoms with van der Waals surface area (Å²) in [7, 11) is 1.07. The first-order chi connectivity index (χ1) is 36.8. The van der Waals surface area contributed by atoms with Crippen LogP contribution in [-0.2, 0) is 53.4 Å². The molecule has 0 bridgehead atoms. The van der Waals surface area contributed by atoms with Gasteiger partial charge in [0.1, 0.15) is 56.4 Å². The zero-order valence-corrected chi connectivity index (χ0v) is 44.4. The fourth-order valence-corrected chi connectivity index (χ4v) is 12.4. The summed E-state index contributed by atoms with van der Waals surface area (Å²) in [5.74, 6) is -0.466. The standard InChI is InChI=1S/C48H57N13O11P2S/c1-29(2)61(30(3)4)73(66-22-20-49-6)71-38-34(70-48(40(38)65-9)60-28-56-36-42(52-26-54-44(36)60)58-46(63)33-18-14-11-15-19-33)24-68-74(75,67-23-21-50-7)72-37-31(5)69-47(39(37)64-8)59-27-55-35-41(51-25-53-43(35)59)57-45(62)32-16-12-10-13-17-32/h10-19,25-31,34,37-40,47-48H,20-24H2,1-5,8-9H3,(H,51,53,57,62)(H,52,54,58,63)/t31-,34-,37?,38?,39+,40+,47-,48-,73?,74?/m1/s1/i5D. The van der Waals surface area contributed by atoms with Crippen LogP contribution in [0.15, 0.2) is 86.0 Å². The summed E-state index contributed by atoms with van der Waals surface area (Å²) < 4.78 is 72.3. The van der Waals surface area contributed by atoms with E-state index < -0.39 is 76.1 Å². The lowest BCUT2D eigenvalue weighted by molar-refractivity contribution is -0.0603. The first-order valence-corrected chi connectivity index (χ1v) is 27.4. The van der Waals surface area contributed by atoms with E-state index in [0.29, 0.717) is 22.4 Å². The molecule has 0 spiro atoms. The number of benzene rings is 2. The van der Waals surface area contributed by atoms with Crippen LogP contribution in [0.2, 0.25) is 0 Å². The molecule has 2 N–H and O–H groups in total. The van der Waals surface area contributed by atoms with Crippen molar-refractivity contribution in [3.63, 3.8) is 0 Å². The third kappa shape index (κ3) is 12.5. The summed E-state index contributed by atoms with van der Waals surface area (Å²) in [6, 6.07) is 17.2. The minimum atomic E-state index is -3.96. The Morgan fingerprint density at radius 3 is 1.79 bits per heavy atom. The Balaban J connectivity index is 1.10. The molecule has 4 aromatic heterocycles. The number of nitrogens with zero attached hydrogens (tertiary/aromatic N) is 11. The van der Waals surface area contributed by atoms with E-state index in [4.69, 9.17) is 67.9 Å². The van der Waals surface area contributed by atoms with Crippen molar-refractivity contribution in [2.45, 2.75) is 95.8 Å². The maximum absolute atomic E-state index is 13.3. The van der Waals surface area contributed by atoms with Crippen LogP contribution in [0, 0.1) is 13.1 Å². The van der Waals surface area contributed by atoms with Crippen LogP contribution >= 0.6 is 15.2 Å². The number of methoxy groups -OCH3 is 2. The van der Waals surface area contributed by atoms with Crippen LogP contribution in [0.3, 0.4) is 0 Å². The summed E-state index contributed by atoms with van der Waals surface area (Å²) in [4.78, 5) is 60.1. The van der Waals surface area contributed by atoms with Crippen molar-refractivity contribution in [2.75, 3.05) is 57.8 Å². The predicted octanol–water partition coefficient (Wildman–Crippen LogP) is 7.24. The predicted molar refractivity (Wildman–Crippen MR) is 278 cm³/mol. The van der Waals surface area contributed by atoms with Crippen LogP contribution < -0.4 is 10.6 Å². The second-order valence-electron chi connectivity index (χ2n) is 17.4. The number of aromatic nitrogens is 8. The van der Waals surface area contributed by atoms with Crippen molar-refractivity contribution in [3.05, 3.63) is 120 Å².